The number of carbonyl (C=O) groups excluding carboxylic acids is 1. The second-order valence-electron chi connectivity index (χ2n) is 6.37. The number of aromatic amines is 1. The molecule has 0 spiro atoms. The van der Waals surface area contributed by atoms with E-state index in [2.05, 4.69) is 15.5 Å². The van der Waals surface area contributed by atoms with E-state index >= 15 is 0 Å². The van der Waals surface area contributed by atoms with Crippen molar-refractivity contribution in [3.8, 4) is 16.9 Å². The molecule has 3 aromatic rings. The third kappa shape index (κ3) is 4.78. The van der Waals surface area contributed by atoms with Crippen LogP contribution >= 0.6 is 0 Å². The number of para-hydroxylation sites is 1. The van der Waals surface area contributed by atoms with Crippen LogP contribution in [0.25, 0.3) is 11.1 Å². The number of H-pyrrole nitrogens is 1. The molecule has 150 valence electrons. The van der Waals surface area contributed by atoms with E-state index in [9.17, 15) is 14.9 Å². The summed E-state index contributed by atoms with van der Waals surface area (Å²) < 4.78 is 5.82. The molecular weight excluding hydrogens is 372 g/mol. The SMILES string of the molecule is CCCc1[nH]nc(C(=O)NCCOc2ccccc2-c2ccccc2)c1[N+](=O)[O-]. The number of rotatable bonds is 9. The third-order valence-electron chi connectivity index (χ3n) is 4.33. The van der Waals surface area contributed by atoms with Gasteiger partial charge < -0.3 is 10.1 Å². The number of aromatic nitrogens is 2. The van der Waals surface area contributed by atoms with E-state index in [1.54, 1.807) is 0 Å². The van der Waals surface area contributed by atoms with Gasteiger partial charge >= 0.3 is 5.69 Å². The Hall–Kier alpha value is -3.68. The summed E-state index contributed by atoms with van der Waals surface area (Å²) in [6.45, 7) is 2.31. The summed E-state index contributed by atoms with van der Waals surface area (Å²) in [6.07, 6.45) is 1.16. The van der Waals surface area contributed by atoms with E-state index in [1.807, 2.05) is 61.5 Å². The van der Waals surface area contributed by atoms with Gasteiger partial charge in [0.25, 0.3) is 5.91 Å². The van der Waals surface area contributed by atoms with E-state index in [-0.39, 0.29) is 24.5 Å². The van der Waals surface area contributed by atoms with Crippen molar-refractivity contribution in [1.82, 2.24) is 15.5 Å². The number of nitro groups is 1. The largest absolute Gasteiger partial charge is 0.491 e. The second-order valence-corrected chi connectivity index (χ2v) is 6.37. The number of hydrogen-bond acceptors (Lipinski definition) is 5. The summed E-state index contributed by atoms with van der Waals surface area (Å²) in [6, 6.07) is 17.5. The lowest BCUT2D eigenvalue weighted by molar-refractivity contribution is -0.385. The van der Waals surface area contributed by atoms with Crippen LogP contribution in [0.3, 0.4) is 0 Å². The molecule has 2 aromatic carbocycles. The fourth-order valence-corrected chi connectivity index (χ4v) is 3.01. The molecule has 8 heteroatoms. The number of nitrogens with zero attached hydrogens (tertiary/aromatic N) is 2. The zero-order valence-electron chi connectivity index (χ0n) is 16.1. The molecule has 0 saturated heterocycles. The number of ether oxygens (including phenoxy) is 1. The fourth-order valence-electron chi connectivity index (χ4n) is 3.01. The highest BCUT2D eigenvalue weighted by molar-refractivity contribution is 5.96. The molecule has 0 aliphatic heterocycles. The predicted octanol–water partition coefficient (Wildman–Crippen LogP) is 3.75. The average molecular weight is 394 g/mol. The molecule has 0 saturated carbocycles. The minimum Gasteiger partial charge on any atom is -0.491 e. The topological polar surface area (TPSA) is 110 Å². The van der Waals surface area contributed by atoms with Gasteiger partial charge in [-0.2, -0.15) is 5.10 Å². The molecule has 29 heavy (non-hydrogen) atoms. The van der Waals surface area contributed by atoms with Crippen LogP contribution in [0, 0.1) is 10.1 Å². The first-order valence-electron chi connectivity index (χ1n) is 9.39. The maximum Gasteiger partial charge on any atom is 0.322 e. The van der Waals surface area contributed by atoms with Gasteiger partial charge in [0.2, 0.25) is 5.69 Å². The first kappa shape index (κ1) is 20.1. The molecule has 1 heterocycles. The van der Waals surface area contributed by atoms with Crippen molar-refractivity contribution in [1.29, 1.82) is 0 Å². The molecule has 0 radical (unpaired) electrons. The van der Waals surface area contributed by atoms with Crippen molar-refractivity contribution in [2.75, 3.05) is 13.2 Å². The van der Waals surface area contributed by atoms with Crippen molar-refractivity contribution in [3.05, 3.63) is 76.1 Å². The standard InChI is InChI=1S/C21H22N4O4/c1-2-8-17-20(25(27)28)19(24-23-17)21(26)22-13-14-29-18-12-7-6-11-16(18)15-9-4-3-5-10-15/h3-7,9-12H,2,8,13-14H2,1H3,(H,22,26)(H,23,24). The van der Waals surface area contributed by atoms with E-state index in [0.717, 1.165) is 11.1 Å². The average Bonchev–Trinajstić information content (AvgIpc) is 3.16. The Labute approximate surface area is 168 Å². The Kier molecular flexibility index (Phi) is 6.57. The maximum atomic E-state index is 12.3. The molecule has 0 atom stereocenters. The molecule has 3 rings (SSSR count). The number of hydrogen-bond donors (Lipinski definition) is 2. The Morgan fingerprint density at radius 2 is 1.90 bits per heavy atom. The van der Waals surface area contributed by atoms with Crippen molar-refractivity contribution < 1.29 is 14.5 Å². The van der Waals surface area contributed by atoms with Gasteiger partial charge in [0.05, 0.1) is 11.5 Å². The predicted molar refractivity (Wildman–Crippen MR) is 109 cm³/mol. The zero-order chi connectivity index (χ0) is 20.6. The van der Waals surface area contributed by atoms with Crippen LogP contribution in [0.5, 0.6) is 5.75 Å². The molecule has 0 fully saturated rings. The van der Waals surface area contributed by atoms with Gasteiger partial charge in [-0.05, 0) is 18.1 Å². The Morgan fingerprint density at radius 1 is 1.17 bits per heavy atom. The van der Waals surface area contributed by atoms with Gasteiger partial charge in [-0.15, -0.1) is 0 Å². The first-order valence-corrected chi connectivity index (χ1v) is 9.39. The van der Waals surface area contributed by atoms with E-state index in [1.165, 1.54) is 0 Å². The zero-order valence-corrected chi connectivity index (χ0v) is 16.1. The summed E-state index contributed by atoms with van der Waals surface area (Å²) in [7, 11) is 0. The highest BCUT2D eigenvalue weighted by Gasteiger charge is 2.28. The normalized spacial score (nSPS) is 10.5. The highest BCUT2D eigenvalue weighted by atomic mass is 16.6. The quantitative estimate of drug-likeness (QED) is 0.326. The smallest absolute Gasteiger partial charge is 0.322 e. The van der Waals surface area contributed by atoms with E-state index < -0.39 is 10.8 Å². The second kappa shape index (κ2) is 9.50. The molecule has 1 aromatic heterocycles. The lowest BCUT2D eigenvalue weighted by Crippen LogP contribution is -2.29. The molecule has 0 aliphatic rings. The van der Waals surface area contributed by atoms with Crippen molar-refractivity contribution in [3.63, 3.8) is 0 Å². The number of aryl methyl sites for hydroxylation is 1. The van der Waals surface area contributed by atoms with Crippen molar-refractivity contribution in [2.24, 2.45) is 0 Å². The van der Waals surface area contributed by atoms with Crippen molar-refractivity contribution in [2.45, 2.75) is 19.8 Å². The summed E-state index contributed by atoms with van der Waals surface area (Å²) in [5.41, 5.74) is 1.87. The van der Waals surface area contributed by atoms with Gasteiger partial charge in [0, 0.05) is 5.56 Å². The Bertz CT molecular complexity index is 985. The molecular formula is C21H22N4O4. The van der Waals surface area contributed by atoms with Crippen LogP contribution in [0.2, 0.25) is 0 Å². The number of carbonyl (C=O) groups is 1. The van der Waals surface area contributed by atoms with Crippen molar-refractivity contribution >= 4 is 11.6 Å². The minimum absolute atomic E-state index is 0.190. The minimum atomic E-state index is -0.602. The number of nitrogens with one attached hydrogen (secondary N) is 2. The Morgan fingerprint density at radius 3 is 2.62 bits per heavy atom. The number of benzene rings is 2. The molecule has 0 unspecified atom stereocenters. The maximum absolute atomic E-state index is 12.3. The Balaban J connectivity index is 1.61. The van der Waals surface area contributed by atoms with Crippen LogP contribution in [0.1, 0.15) is 29.5 Å². The lowest BCUT2D eigenvalue weighted by Gasteiger charge is -2.12. The summed E-state index contributed by atoms with van der Waals surface area (Å²) >= 11 is 0. The van der Waals surface area contributed by atoms with Crippen LogP contribution < -0.4 is 10.1 Å². The fraction of sp³-hybridized carbons (Fsp3) is 0.238. The molecule has 0 aliphatic carbocycles. The van der Waals surface area contributed by atoms with Gasteiger partial charge in [-0.25, -0.2) is 0 Å². The monoisotopic (exact) mass is 394 g/mol. The van der Waals surface area contributed by atoms with Gasteiger partial charge in [0.1, 0.15) is 18.1 Å². The van der Waals surface area contributed by atoms with Gasteiger partial charge in [-0.3, -0.25) is 20.0 Å². The first-order chi connectivity index (χ1) is 14.1. The summed E-state index contributed by atoms with van der Waals surface area (Å²) in [5.74, 6) is 0.0965. The molecule has 8 nitrogen and oxygen atoms in total. The van der Waals surface area contributed by atoms with Crippen LogP contribution in [0.4, 0.5) is 5.69 Å². The summed E-state index contributed by atoms with van der Waals surface area (Å²) in [5, 5.41) is 20.4. The molecule has 2 N–H and O–H groups in total. The van der Waals surface area contributed by atoms with Crippen LogP contribution in [0.15, 0.2) is 54.6 Å². The number of amides is 1. The van der Waals surface area contributed by atoms with E-state index in [4.69, 9.17) is 4.74 Å². The van der Waals surface area contributed by atoms with Gasteiger partial charge in [0.15, 0.2) is 0 Å². The van der Waals surface area contributed by atoms with Gasteiger partial charge in [-0.1, -0.05) is 61.9 Å². The van der Waals surface area contributed by atoms with E-state index in [0.29, 0.717) is 24.3 Å². The lowest BCUT2D eigenvalue weighted by atomic mass is 10.1. The van der Waals surface area contributed by atoms with Crippen LogP contribution in [-0.2, 0) is 6.42 Å². The molecule has 0 bridgehead atoms. The highest BCUT2D eigenvalue weighted by Crippen LogP contribution is 2.29. The summed E-state index contributed by atoms with van der Waals surface area (Å²) in [4.78, 5) is 23.1. The third-order valence-corrected chi connectivity index (χ3v) is 4.33. The molecule has 1 amide bonds. The van der Waals surface area contributed by atoms with Crippen LogP contribution in [-0.4, -0.2) is 34.2 Å².